The van der Waals surface area contributed by atoms with Gasteiger partial charge in [-0.1, -0.05) is 60.2 Å². The number of aromatic nitrogens is 2. The van der Waals surface area contributed by atoms with Crippen molar-refractivity contribution in [2.45, 2.75) is 19.9 Å². The summed E-state index contributed by atoms with van der Waals surface area (Å²) in [4.78, 5) is 17.3. The van der Waals surface area contributed by atoms with Crippen LogP contribution in [0, 0.1) is 6.92 Å². The van der Waals surface area contributed by atoms with Crippen LogP contribution in [0.4, 0.5) is 5.13 Å². The zero-order valence-electron chi connectivity index (χ0n) is 13.9. The molecule has 0 saturated heterocycles. The molecule has 1 heterocycles. The van der Waals surface area contributed by atoms with Gasteiger partial charge in [0.1, 0.15) is 5.82 Å². The Morgan fingerprint density at radius 2 is 1.80 bits per heavy atom. The molecule has 0 unspecified atom stereocenters. The third kappa shape index (κ3) is 4.87. The van der Waals surface area contributed by atoms with Gasteiger partial charge in [-0.2, -0.15) is 4.37 Å². The average Bonchev–Trinajstić information content (AvgIpc) is 3.05. The Bertz CT molecular complexity index is 831. The summed E-state index contributed by atoms with van der Waals surface area (Å²) in [6, 6.07) is 17.9. The smallest absolute Gasteiger partial charge is 0.205 e. The Hall–Kier alpha value is -2.73. The van der Waals surface area contributed by atoms with Gasteiger partial charge in [-0.05, 0) is 18.1 Å². The number of hydrogen-bond donors (Lipinski definition) is 0. The zero-order chi connectivity index (χ0) is 17.6. The molecule has 0 aliphatic rings. The van der Waals surface area contributed by atoms with Gasteiger partial charge in [0.05, 0.1) is 12.5 Å². The fourth-order valence-electron chi connectivity index (χ4n) is 2.48. The quantitative estimate of drug-likeness (QED) is 0.652. The minimum atomic E-state index is -1.13. The van der Waals surface area contributed by atoms with Crippen LogP contribution in [0.1, 0.15) is 22.5 Å². The molecule has 0 aliphatic heterocycles. The number of carbonyl (C=O) groups is 1. The van der Waals surface area contributed by atoms with Crippen LogP contribution in [0.3, 0.4) is 0 Å². The normalized spacial score (nSPS) is 10.6. The van der Waals surface area contributed by atoms with Gasteiger partial charge < -0.3 is 14.8 Å². The van der Waals surface area contributed by atoms with Gasteiger partial charge in [0.25, 0.3) is 0 Å². The number of anilines is 1. The van der Waals surface area contributed by atoms with E-state index in [0.717, 1.165) is 11.1 Å². The number of aryl methyl sites for hydroxylation is 1. The van der Waals surface area contributed by atoms with Gasteiger partial charge in [-0.3, -0.25) is 0 Å². The summed E-state index contributed by atoms with van der Waals surface area (Å²) >= 11 is 1.21. The fourth-order valence-corrected chi connectivity index (χ4v) is 3.17. The van der Waals surface area contributed by atoms with Gasteiger partial charge in [0, 0.05) is 24.5 Å². The van der Waals surface area contributed by atoms with Gasteiger partial charge in [-0.15, -0.1) is 0 Å². The van der Waals surface area contributed by atoms with E-state index >= 15 is 0 Å². The highest BCUT2D eigenvalue weighted by Gasteiger charge is 2.14. The number of carbonyl (C=O) groups excluding carboxylic acids is 1. The van der Waals surface area contributed by atoms with Gasteiger partial charge in [0.15, 0.2) is 0 Å². The molecule has 0 fully saturated rings. The summed E-state index contributed by atoms with van der Waals surface area (Å²) in [7, 11) is 0. The predicted octanol–water partition coefficient (Wildman–Crippen LogP) is 2.19. The third-order valence-corrected chi connectivity index (χ3v) is 4.56. The fraction of sp³-hybridized carbons (Fsp3) is 0.211. The summed E-state index contributed by atoms with van der Waals surface area (Å²) in [5.74, 6) is -0.438. The second-order valence-electron chi connectivity index (χ2n) is 5.87. The molecule has 0 aliphatic carbocycles. The van der Waals surface area contributed by atoms with Crippen LogP contribution < -0.4 is 10.0 Å². The van der Waals surface area contributed by atoms with Crippen LogP contribution in [0.5, 0.6) is 0 Å². The minimum Gasteiger partial charge on any atom is -0.548 e. The Morgan fingerprint density at radius 1 is 1.08 bits per heavy atom. The summed E-state index contributed by atoms with van der Waals surface area (Å²) < 4.78 is 4.38. The van der Waals surface area contributed by atoms with E-state index in [2.05, 4.69) is 33.6 Å². The summed E-state index contributed by atoms with van der Waals surface area (Å²) in [5.41, 5.74) is 3.35. The number of aliphatic carboxylic acids is 1. The van der Waals surface area contributed by atoms with E-state index in [1.807, 2.05) is 37.3 Å². The average molecular weight is 352 g/mol. The van der Waals surface area contributed by atoms with Gasteiger partial charge in [0.2, 0.25) is 5.13 Å². The molecule has 0 spiro atoms. The van der Waals surface area contributed by atoms with Crippen molar-refractivity contribution in [3.63, 3.8) is 0 Å². The van der Waals surface area contributed by atoms with Crippen molar-refractivity contribution in [3.05, 3.63) is 77.1 Å². The van der Waals surface area contributed by atoms with Crippen LogP contribution in [-0.4, -0.2) is 21.9 Å². The lowest BCUT2D eigenvalue weighted by atomic mass is 10.1. The second kappa shape index (κ2) is 7.90. The number of carboxylic acid groups (broad SMARTS) is 1. The maximum Gasteiger partial charge on any atom is 0.205 e. The van der Waals surface area contributed by atoms with E-state index < -0.39 is 5.97 Å². The van der Waals surface area contributed by atoms with Crippen LogP contribution >= 0.6 is 11.5 Å². The molecule has 6 heteroatoms. The lowest BCUT2D eigenvalue weighted by molar-refractivity contribution is -0.303. The third-order valence-electron chi connectivity index (χ3n) is 3.75. The standard InChI is InChI=1S/C19H19N3O2S/c1-14-7-9-15(10-8-14)11-17-20-19(25-21-17)22(13-18(23)24)12-16-5-3-2-4-6-16/h2-10H,11-13H2,1H3,(H,23,24)/p-1. The number of carboxylic acids is 1. The lowest BCUT2D eigenvalue weighted by Gasteiger charge is -2.21. The summed E-state index contributed by atoms with van der Waals surface area (Å²) in [6.45, 7) is 2.28. The largest absolute Gasteiger partial charge is 0.548 e. The highest BCUT2D eigenvalue weighted by Crippen LogP contribution is 2.21. The maximum absolute atomic E-state index is 11.1. The monoisotopic (exact) mass is 352 g/mol. The molecule has 0 bridgehead atoms. The second-order valence-corrected chi connectivity index (χ2v) is 6.60. The van der Waals surface area contributed by atoms with Crippen molar-refractivity contribution in [2.24, 2.45) is 0 Å². The number of nitrogens with zero attached hydrogens (tertiary/aromatic N) is 3. The van der Waals surface area contributed by atoms with E-state index in [0.29, 0.717) is 23.9 Å². The molecule has 2 aromatic carbocycles. The zero-order valence-corrected chi connectivity index (χ0v) is 14.7. The Labute approximate surface area is 150 Å². The lowest BCUT2D eigenvalue weighted by Crippen LogP contribution is -2.37. The van der Waals surface area contributed by atoms with E-state index in [1.54, 1.807) is 4.90 Å². The van der Waals surface area contributed by atoms with E-state index in [4.69, 9.17) is 0 Å². The van der Waals surface area contributed by atoms with Crippen molar-refractivity contribution >= 4 is 22.6 Å². The number of hydrogen-bond acceptors (Lipinski definition) is 6. The molecule has 0 saturated carbocycles. The first-order valence-corrected chi connectivity index (χ1v) is 8.74. The Kier molecular flexibility index (Phi) is 5.40. The van der Waals surface area contributed by atoms with Crippen LogP contribution in [0.25, 0.3) is 0 Å². The molecule has 0 atom stereocenters. The molecule has 0 amide bonds. The molecular weight excluding hydrogens is 334 g/mol. The molecule has 5 nitrogen and oxygen atoms in total. The van der Waals surface area contributed by atoms with E-state index in [-0.39, 0.29) is 6.54 Å². The molecule has 128 valence electrons. The van der Waals surface area contributed by atoms with Crippen molar-refractivity contribution in [1.29, 1.82) is 0 Å². The van der Waals surface area contributed by atoms with Crippen LogP contribution in [0.2, 0.25) is 0 Å². The summed E-state index contributed by atoms with van der Waals surface area (Å²) in [5, 5.41) is 11.7. The van der Waals surface area contributed by atoms with Crippen molar-refractivity contribution in [3.8, 4) is 0 Å². The SMILES string of the molecule is Cc1ccc(Cc2nsc(N(CC(=O)[O-])Cc3ccccc3)n2)cc1. The minimum absolute atomic E-state index is 0.214. The van der Waals surface area contributed by atoms with Crippen molar-refractivity contribution in [2.75, 3.05) is 11.4 Å². The Morgan fingerprint density at radius 3 is 2.48 bits per heavy atom. The molecule has 3 aromatic rings. The highest BCUT2D eigenvalue weighted by molar-refractivity contribution is 7.09. The van der Waals surface area contributed by atoms with Gasteiger partial charge >= 0.3 is 0 Å². The molecule has 25 heavy (non-hydrogen) atoms. The molecule has 0 N–H and O–H groups in total. The maximum atomic E-state index is 11.1. The molecule has 0 radical (unpaired) electrons. The van der Waals surface area contributed by atoms with E-state index in [1.165, 1.54) is 17.1 Å². The first kappa shape index (κ1) is 17.1. The van der Waals surface area contributed by atoms with Crippen molar-refractivity contribution in [1.82, 2.24) is 9.36 Å². The van der Waals surface area contributed by atoms with Crippen LogP contribution in [0.15, 0.2) is 54.6 Å². The topological polar surface area (TPSA) is 69.2 Å². The molecule has 3 rings (SSSR count). The summed E-state index contributed by atoms with van der Waals surface area (Å²) in [6.07, 6.45) is 0.626. The van der Waals surface area contributed by atoms with E-state index in [9.17, 15) is 9.90 Å². The Balaban J connectivity index is 1.76. The molecular formula is C19H18N3O2S-. The van der Waals surface area contributed by atoms with Gasteiger partial charge in [-0.25, -0.2) is 4.98 Å². The van der Waals surface area contributed by atoms with Crippen LogP contribution in [-0.2, 0) is 17.8 Å². The first-order chi connectivity index (χ1) is 12.1. The first-order valence-electron chi connectivity index (χ1n) is 7.97. The number of benzene rings is 2. The predicted molar refractivity (Wildman–Crippen MR) is 96.4 cm³/mol. The highest BCUT2D eigenvalue weighted by atomic mass is 32.1. The molecule has 1 aromatic heterocycles. The van der Waals surface area contributed by atoms with Crippen molar-refractivity contribution < 1.29 is 9.90 Å². The number of rotatable bonds is 7.